The zero-order chi connectivity index (χ0) is 39.3. The number of anilines is 1. The van der Waals surface area contributed by atoms with Crippen LogP contribution in [0, 0.1) is 0 Å². The number of nitrogens with zero attached hydrogens (tertiary/aromatic N) is 9. The molecule has 2 saturated heterocycles. The van der Waals surface area contributed by atoms with Crippen molar-refractivity contribution in [1.29, 1.82) is 0 Å². The summed E-state index contributed by atoms with van der Waals surface area (Å²) in [5, 5.41) is 36.2. The summed E-state index contributed by atoms with van der Waals surface area (Å²) in [4.78, 5) is 2.28. The van der Waals surface area contributed by atoms with Crippen LogP contribution in [0.1, 0.15) is 81.1 Å². The molecule has 0 spiro atoms. The lowest BCUT2D eigenvalue weighted by Crippen LogP contribution is -2.62. The van der Waals surface area contributed by atoms with E-state index >= 15 is 0 Å². The van der Waals surface area contributed by atoms with E-state index in [1.807, 2.05) is 66.2 Å². The molecule has 2 N–H and O–H groups in total. The van der Waals surface area contributed by atoms with Crippen molar-refractivity contribution in [2.24, 2.45) is 14.1 Å². The zero-order valence-corrected chi connectivity index (χ0v) is 34.3. The number of nitrogens with one attached hydrogen (secondary N) is 2. The molecule has 6 aromatic rings. The molecular weight excluding hydrogens is 687 g/mol. The molecule has 0 radical (unpaired) electrons. The summed E-state index contributed by atoms with van der Waals surface area (Å²) in [5.41, 5.74) is 6.06. The van der Waals surface area contributed by atoms with E-state index in [1.54, 1.807) is 0 Å². The third kappa shape index (κ3) is 9.13. The van der Waals surface area contributed by atoms with Gasteiger partial charge in [0, 0.05) is 103 Å². The highest BCUT2D eigenvalue weighted by Gasteiger charge is 2.40. The lowest BCUT2D eigenvalue weighted by Gasteiger charge is -2.49. The molecule has 0 unspecified atom stereocenters. The standard InChI is InChI=1S/C22H30N6.C21H27N5O/c1-21(2)12-17(13-22(3,4)26-21)28(6)20-10-9-18(23-24-20)15-7-8-19-16(11-15)14-27(5)25-19;1-20(2)11-16(12-21(3,4)25-20)27-19-9-8-17(22-23-19)14-6-7-18-15(10-14)13-26(5)24-18/h7-11,14,17,26H,12-13H2,1-6H3;6-10,13,16,25H,11-12H2,1-5H3. The van der Waals surface area contributed by atoms with Crippen molar-refractivity contribution in [2.45, 2.75) is 115 Å². The molecule has 290 valence electrons. The molecule has 0 bridgehead atoms. The molecule has 12 nitrogen and oxygen atoms in total. The maximum atomic E-state index is 6.16. The second-order valence-electron chi connectivity index (χ2n) is 18.3. The Balaban J connectivity index is 0.000000169. The van der Waals surface area contributed by atoms with Crippen LogP contribution in [0.4, 0.5) is 5.82 Å². The second kappa shape index (κ2) is 14.3. The Morgan fingerprint density at radius 1 is 0.600 bits per heavy atom. The van der Waals surface area contributed by atoms with Gasteiger partial charge in [-0.05, 0) is 111 Å². The van der Waals surface area contributed by atoms with E-state index in [4.69, 9.17) is 4.74 Å². The van der Waals surface area contributed by atoms with Gasteiger partial charge in [-0.3, -0.25) is 9.36 Å². The molecule has 0 aliphatic carbocycles. The minimum atomic E-state index is 0.0406. The Morgan fingerprint density at radius 2 is 1.07 bits per heavy atom. The van der Waals surface area contributed by atoms with E-state index in [9.17, 15) is 0 Å². The highest BCUT2D eigenvalue weighted by atomic mass is 16.5. The third-order valence-electron chi connectivity index (χ3n) is 10.6. The predicted molar refractivity (Wildman–Crippen MR) is 221 cm³/mol. The van der Waals surface area contributed by atoms with E-state index in [2.05, 4.69) is 139 Å². The van der Waals surface area contributed by atoms with Gasteiger partial charge in [-0.2, -0.15) is 10.2 Å². The number of aryl methyl sites for hydroxylation is 2. The van der Waals surface area contributed by atoms with Crippen molar-refractivity contribution >= 4 is 27.6 Å². The van der Waals surface area contributed by atoms with Gasteiger partial charge in [-0.15, -0.1) is 20.4 Å². The number of aromatic nitrogens is 8. The van der Waals surface area contributed by atoms with Gasteiger partial charge in [-0.1, -0.05) is 12.1 Å². The molecule has 12 heteroatoms. The number of hydrogen-bond donors (Lipinski definition) is 2. The fourth-order valence-corrected chi connectivity index (χ4v) is 9.03. The van der Waals surface area contributed by atoms with Crippen LogP contribution in [0.2, 0.25) is 0 Å². The SMILES string of the molecule is CN(c1ccc(-c2ccc3nn(C)cc3c2)nn1)C1CC(C)(C)NC(C)(C)C1.Cn1cc2cc(-c3ccc(OC4CC(C)(C)NC(C)(C)C4)nn3)ccc2n1. The van der Waals surface area contributed by atoms with Crippen LogP contribution in [-0.4, -0.2) is 81.3 Å². The van der Waals surface area contributed by atoms with Crippen LogP contribution in [0.3, 0.4) is 0 Å². The van der Waals surface area contributed by atoms with Crippen molar-refractivity contribution in [1.82, 2.24) is 50.6 Å². The summed E-state index contributed by atoms with van der Waals surface area (Å²) < 4.78 is 9.82. The highest BCUT2D eigenvalue weighted by molar-refractivity contribution is 5.84. The van der Waals surface area contributed by atoms with Gasteiger partial charge in [0.15, 0.2) is 5.82 Å². The van der Waals surface area contributed by atoms with E-state index in [0.29, 0.717) is 11.9 Å². The molecule has 2 fully saturated rings. The van der Waals surface area contributed by atoms with E-state index in [-0.39, 0.29) is 28.3 Å². The minimum absolute atomic E-state index is 0.0406. The van der Waals surface area contributed by atoms with Crippen molar-refractivity contribution in [3.63, 3.8) is 0 Å². The number of fused-ring (bicyclic) bond motifs is 2. The first kappa shape index (κ1) is 38.3. The zero-order valence-electron chi connectivity index (χ0n) is 34.3. The lowest BCUT2D eigenvalue weighted by atomic mass is 9.79. The van der Waals surface area contributed by atoms with Gasteiger partial charge >= 0.3 is 0 Å². The summed E-state index contributed by atoms with van der Waals surface area (Å²) in [5.74, 6) is 1.50. The number of benzene rings is 2. The Labute approximate surface area is 325 Å². The molecular formula is C43H57N11O. The van der Waals surface area contributed by atoms with Crippen LogP contribution >= 0.6 is 0 Å². The summed E-state index contributed by atoms with van der Waals surface area (Å²) >= 11 is 0. The fourth-order valence-electron chi connectivity index (χ4n) is 9.03. The summed E-state index contributed by atoms with van der Waals surface area (Å²) in [6.07, 6.45) is 8.19. The van der Waals surface area contributed by atoms with Gasteiger partial charge in [0.25, 0.3) is 0 Å². The molecule has 2 aromatic carbocycles. The second-order valence-corrected chi connectivity index (χ2v) is 18.3. The Morgan fingerprint density at radius 3 is 1.53 bits per heavy atom. The van der Waals surface area contributed by atoms with Crippen molar-refractivity contribution in [2.75, 3.05) is 11.9 Å². The van der Waals surface area contributed by atoms with Crippen LogP contribution in [0.15, 0.2) is 73.1 Å². The number of rotatable bonds is 6. The molecule has 6 heterocycles. The molecule has 0 atom stereocenters. The number of ether oxygens (including phenoxy) is 1. The van der Waals surface area contributed by atoms with Gasteiger partial charge < -0.3 is 20.3 Å². The van der Waals surface area contributed by atoms with Crippen molar-refractivity contribution in [3.05, 3.63) is 73.1 Å². The van der Waals surface area contributed by atoms with E-state index in [1.165, 1.54) is 0 Å². The Kier molecular flexibility index (Phi) is 9.96. The summed E-state index contributed by atoms with van der Waals surface area (Å²) in [6.45, 7) is 18.0. The van der Waals surface area contributed by atoms with E-state index in [0.717, 1.165) is 75.8 Å². The van der Waals surface area contributed by atoms with Crippen molar-refractivity contribution in [3.8, 4) is 28.4 Å². The molecule has 0 amide bonds. The molecule has 2 aliphatic rings. The van der Waals surface area contributed by atoms with Gasteiger partial charge in [0.1, 0.15) is 6.10 Å². The van der Waals surface area contributed by atoms with Crippen LogP contribution in [0.25, 0.3) is 44.3 Å². The maximum absolute atomic E-state index is 6.16. The minimum Gasteiger partial charge on any atom is -0.473 e. The quantitative estimate of drug-likeness (QED) is 0.177. The molecule has 55 heavy (non-hydrogen) atoms. The van der Waals surface area contributed by atoms with Crippen molar-refractivity contribution < 1.29 is 4.74 Å². The maximum Gasteiger partial charge on any atom is 0.233 e. The predicted octanol–water partition coefficient (Wildman–Crippen LogP) is 7.49. The largest absolute Gasteiger partial charge is 0.473 e. The van der Waals surface area contributed by atoms with Gasteiger partial charge in [0.05, 0.1) is 22.4 Å². The summed E-state index contributed by atoms with van der Waals surface area (Å²) in [6, 6.07) is 20.8. The summed E-state index contributed by atoms with van der Waals surface area (Å²) in [7, 11) is 6.00. The average molecular weight is 744 g/mol. The highest BCUT2D eigenvalue weighted by Crippen LogP contribution is 2.34. The molecule has 8 rings (SSSR count). The Hall–Kier alpha value is -4.94. The molecule has 4 aromatic heterocycles. The van der Waals surface area contributed by atoms with Gasteiger partial charge in [-0.25, -0.2) is 0 Å². The third-order valence-corrected chi connectivity index (χ3v) is 10.6. The normalized spacial score (nSPS) is 19.2. The lowest BCUT2D eigenvalue weighted by molar-refractivity contribution is 0.0524. The molecule has 2 aliphatic heterocycles. The molecule has 0 saturated carbocycles. The average Bonchev–Trinajstić information content (AvgIpc) is 3.65. The van der Waals surface area contributed by atoms with Crippen LogP contribution in [-0.2, 0) is 14.1 Å². The topological polar surface area (TPSA) is 124 Å². The van der Waals surface area contributed by atoms with Gasteiger partial charge in [0.2, 0.25) is 5.88 Å². The number of piperidine rings is 2. The first-order chi connectivity index (χ1) is 25.8. The fraction of sp³-hybridized carbons (Fsp3) is 0.488. The first-order valence-corrected chi connectivity index (χ1v) is 19.3. The van der Waals surface area contributed by atoms with Crippen LogP contribution < -0.4 is 20.3 Å². The number of hydrogen-bond acceptors (Lipinski definition) is 10. The van der Waals surface area contributed by atoms with Crippen LogP contribution in [0.5, 0.6) is 5.88 Å². The Bertz CT molecular complexity index is 2240. The monoisotopic (exact) mass is 743 g/mol. The van der Waals surface area contributed by atoms with E-state index < -0.39 is 0 Å². The smallest absolute Gasteiger partial charge is 0.233 e. The first-order valence-electron chi connectivity index (χ1n) is 19.3.